The zero-order valence-electron chi connectivity index (χ0n) is 14.6. The zero-order valence-corrected chi connectivity index (χ0v) is 14.6. The Balaban J connectivity index is 2.64. The monoisotopic (exact) mass is 353 g/mol. The third-order valence-corrected chi connectivity index (χ3v) is 3.16. The van der Waals surface area contributed by atoms with Crippen LogP contribution in [-0.4, -0.2) is 64.8 Å². The van der Waals surface area contributed by atoms with E-state index in [1.165, 1.54) is 17.2 Å². The molecule has 0 bridgehead atoms. The number of nitrogens with two attached hydrogens (primary N) is 1. The SMILES string of the molecule is C=C(CC(F)F)c1nc(C)nn1C=NCCN(/C=C\N)CCN=CC. The van der Waals surface area contributed by atoms with Crippen molar-refractivity contribution in [2.45, 2.75) is 26.7 Å². The summed E-state index contributed by atoms with van der Waals surface area (Å²) in [6.45, 7) is 9.74. The second-order valence-electron chi connectivity index (χ2n) is 5.19. The minimum Gasteiger partial charge on any atom is -0.403 e. The van der Waals surface area contributed by atoms with Crippen molar-refractivity contribution in [1.29, 1.82) is 0 Å². The molecule has 1 rings (SSSR count). The Morgan fingerprint density at radius 2 is 2.04 bits per heavy atom. The first-order valence-corrected chi connectivity index (χ1v) is 7.94. The molecule has 1 heterocycles. The number of rotatable bonds is 11. The molecule has 0 aromatic carbocycles. The lowest BCUT2D eigenvalue weighted by molar-refractivity contribution is 0.155. The highest BCUT2D eigenvalue weighted by molar-refractivity contribution is 5.67. The van der Waals surface area contributed by atoms with Crippen molar-refractivity contribution in [1.82, 2.24) is 19.7 Å². The van der Waals surface area contributed by atoms with Crippen molar-refractivity contribution < 1.29 is 8.78 Å². The van der Waals surface area contributed by atoms with Crippen LogP contribution in [0.2, 0.25) is 0 Å². The van der Waals surface area contributed by atoms with Crippen LogP contribution in [0.5, 0.6) is 0 Å². The first-order chi connectivity index (χ1) is 12.0. The Morgan fingerprint density at radius 1 is 1.36 bits per heavy atom. The van der Waals surface area contributed by atoms with Gasteiger partial charge in [0.05, 0.1) is 13.1 Å². The highest BCUT2D eigenvalue weighted by Gasteiger charge is 2.14. The molecule has 138 valence electrons. The van der Waals surface area contributed by atoms with Gasteiger partial charge in [-0.3, -0.25) is 9.98 Å². The quantitative estimate of drug-likeness (QED) is 0.487. The highest BCUT2D eigenvalue weighted by atomic mass is 19.3. The molecular formula is C16H25F2N7. The smallest absolute Gasteiger partial charge is 0.242 e. The summed E-state index contributed by atoms with van der Waals surface area (Å²) in [5.41, 5.74) is 5.66. The van der Waals surface area contributed by atoms with Crippen molar-refractivity contribution in [3.8, 4) is 0 Å². The summed E-state index contributed by atoms with van der Waals surface area (Å²) < 4.78 is 26.4. The molecule has 0 atom stereocenters. The molecule has 2 N–H and O–H groups in total. The molecule has 0 aliphatic rings. The number of aliphatic imine (C=N–C) groups is 2. The summed E-state index contributed by atoms with van der Waals surface area (Å²) in [5, 5.41) is 4.14. The van der Waals surface area contributed by atoms with Gasteiger partial charge in [-0.1, -0.05) is 6.58 Å². The van der Waals surface area contributed by atoms with Crippen LogP contribution in [0.15, 0.2) is 29.0 Å². The summed E-state index contributed by atoms with van der Waals surface area (Å²) in [4.78, 5) is 14.6. The number of alkyl halides is 2. The van der Waals surface area contributed by atoms with E-state index >= 15 is 0 Å². The average molecular weight is 353 g/mol. The molecule has 0 spiro atoms. The van der Waals surface area contributed by atoms with Crippen LogP contribution in [0.3, 0.4) is 0 Å². The summed E-state index contributed by atoms with van der Waals surface area (Å²) in [6, 6.07) is 0. The van der Waals surface area contributed by atoms with Crippen molar-refractivity contribution in [2.24, 2.45) is 15.7 Å². The van der Waals surface area contributed by atoms with E-state index in [-0.39, 0.29) is 5.57 Å². The van der Waals surface area contributed by atoms with E-state index in [2.05, 4.69) is 26.6 Å². The largest absolute Gasteiger partial charge is 0.403 e. The van der Waals surface area contributed by atoms with Gasteiger partial charge in [-0.15, -0.1) is 0 Å². The van der Waals surface area contributed by atoms with Gasteiger partial charge in [0, 0.05) is 31.9 Å². The number of nitrogens with zero attached hydrogens (tertiary/aromatic N) is 6. The van der Waals surface area contributed by atoms with Crippen LogP contribution in [0.4, 0.5) is 8.78 Å². The second-order valence-corrected chi connectivity index (χ2v) is 5.19. The number of allylic oxidation sites excluding steroid dienone is 1. The van der Waals surface area contributed by atoms with Gasteiger partial charge in [0.2, 0.25) is 6.43 Å². The molecule has 0 radical (unpaired) electrons. The summed E-state index contributed by atoms with van der Waals surface area (Å²) in [7, 11) is 0. The van der Waals surface area contributed by atoms with Crippen molar-refractivity contribution in [3.63, 3.8) is 0 Å². The summed E-state index contributed by atoms with van der Waals surface area (Å²) >= 11 is 0. The topological polar surface area (TPSA) is 84.7 Å². The van der Waals surface area contributed by atoms with Gasteiger partial charge in [-0.25, -0.2) is 18.4 Å². The fourth-order valence-electron chi connectivity index (χ4n) is 2.05. The standard InChI is InChI=1S/C16H25F2N7/c1-4-20-6-9-24(8-5-19)10-7-21-12-25-16(22-14(3)23-25)13(2)11-15(17)18/h4-5,8,12,15H,2,6-7,9-11,19H2,1,3H3/b8-5-,20-4?,21-12?. The number of hydrogen-bond acceptors (Lipinski definition) is 6. The molecule has 25 heavy (non-hydrogen) atoms. The fourth-order valence-corrected chi connectivity index (χ4v) is 2.05. The van der Waals surface area contributed by atoms with Crippen LogP contribution >= 0.6 is 0 Å². The fraction of sp³-hybridized carbons (Fsp3) is 0.500. The molecule has 9 heteroatoms. The van der Waals surface area contributed by atoms with E-state index < -0.39 is 12.8 Å². The van der Waals surface area contributed by atoms with Gasteiger partial charge in [0.25, 0.3) is 0 Å². The zero-order chi connectivity index (χ0) is 18.7. The molecule has 0 amide bonds. The molecule has 0 unspecified atom stereocenters. The molecule has 0 saturated heterocycles. The third-order valence-electron chi connectivity index (χ3n) is 3.16. The molecule has 0 fully saturated rings. The van der Waals surface area contributed by atoms with Gasteiger partial charge in [-0.2, -0.15) is 5.10 Å². The lowest BCUT2D eigenvalue weighted by atomic mass is 10.2. The number of hydrogen-bond donors (Lipinski definition) is 1. The van der Waals surface area contributed by atoms with E-state index in [0.29, 0.717) is 31.3 Å². The van der Waals surface area contributed by atoms with Crippen LogP contribution in [-0.2, 0) is 0 Å². The Kier molecular flexibility index (Phi) is 9.05. The van der Waals surface area contributed by atoms with Gasteiger partial charge in [-0.05, 0) is 25.6 Å². The number of aromatic nitrogens is 3. The van der Waals surface area contributed by atoms with Gasteiger partial charge >= 0.3 is 0 Å². The van der Waals surface area contributed by atoms with E-state index in [1.807, 2.05) is 11.8 Å². The normalized spacial score (nSPS) is 12.2. The van der Waals surface area contributed by atoms with Crippen LogP contribution in [0, 0.1) is 6.92 Å². The van der Waals surface area contributed by atoms with E-state index in [9.17, 15) is 8.78 Å². The lowest BCUT2D eigenvalue weighted by Gasteiger charge is -2.17. The molecule has 0 saturated carbocycles. The Bertz CT molecular complexity index is 620. The lowest BCUT2D eigenvalue weighted by Crippen LogP contribution is -2.24. The molecule has 1 aromatic heterocycles. The molecule has 0 aliphatic carbocycles. The molecular weight excluding hydrogens is 328 g/mol. The van der Waals surface area contributed by atoms with Crippen LogP contribution in [0.1, 0.15) is 25.0 Å². The van der Waals surface area contributed by atoms with Gasteiger partial charge in [0.15, 0.2) is 5.82 Å². The van der Waals surface area contributed by atoms with Gasteiger partial charge < -0.3 is 10.6 Å². The first-order valence-electron chi connectivity index (χ1n) is 7.94. The first kappa shape index (κ1) is 20.5. The predicted molar refractivity (Wildman–Crippen MR) is 97.1 cm³/mol. The van der Waals surface area contributed by atoms with Crippen molar-refractivity contribution >= 4 is 18.1 Å². The molecule has 7 nitrogen and oxygen atoms in total. The van der Waals surface area contributed by atoms with E-state index in [4.69, 9.17) is 5.73 Å². The number of aryl methyl sites for hydroxylation is 1. The summed E-state index contributed by atoms with van der Waals surface area (Å²) in [6.07, 6.45) is 3.54. The predicted octanol–water partition coefficient (Wildman–Crippen LogP) is 1.95. The van der Waals surface area contributed by atoms with Gasteiger partial charge in [0.1, 0.15) is 12.2 Å². The maximum Gasteiger partial charge on any atom is 0.242 e. The Hall–Kier alpha value is -2.58. The average Bonchev–Trinajstić information content (AvgIpc) is 2.92. The second kappa shape index (κ2) is 11.1. The summed E-state index contributed by atoms with van der Waals surface area (Å²) in [5.74, 6) is 0.777. The maximum absolute atomic E-state index is 12.5. The minimum absolute atomic E-state index is 0.229. The van der Waals surface area contributed by atoms with Crippen molar-refractivity contribution in [2.75, 3.05) is 26.2 Å². The van der Waals surface area contributed by atoms with E-state index in [1.54, 1.807) is 19.3 Å². The van der Waals surface area contributed by atoms with Crippen LogP contribution < -0.4 is 5.73 Å². The maximum atomic E-state index is 12.5. The highest BCUT2D eigenvalue weighted by Crippen LogP contribution is 2.17. The van der Waals surface area contributed by atoms with Crippen LogP contribution in [0.25, 0.3) is 5.57 Å². The minimum atomic E-state index is -2.47. The number of halogens is 2. The molecule has 1 aromatic rings. The van der Waals surface area contributed by atoms with Crippen molar-refractivity contribution in [3.05, 3.63) is 30.6 Å². The third kappa shape index (κ3) is 7.69. The van der Waals surface area contributed by atoms with E-state index in [0.717, 1.165) is 6.54 Å². The molecule has 0 aliphatic heterocycles. The Labute approximate surface area is 146 Å². The Morgan fingerprint density at radius 3 is 2.64 bits per heavy atom.